The lowest BCUT2D eigenvalue weighted by Crippen LogP contribution is -2.33. The molecule has 0 aliphatic carbocycles. The van der Waals surface area contributed by atoms with Crippen LogP contribution in [-0.2, 0) is 21.2 Å². The van der Waals surface area contributed by atoms with Crippen LogP contribution in [0.2, 0.25) is 0 Å². The van der Waals surface area contributed by atoms with Crippen molar-refractivity contribution >= 4 is 33.4 Å². The van der Waals surface area contributed by atoms with Crippen molar-refractivity contribution in [2.75, 3.05) is 11.6 Å². The molecule has 0 fully saturated rings. The zero-order valence-electron chi connectivity index (χ0n) is 15.2. The second-order valence-electron chi connectivity index (χ2n) is 6.09. The van der Waals surface area contributed by atoms with E-state index in [9.17, 15) is 13.2 Å². The molecule has 0 aliphatic rings. The Kier molecular flexibility index (Phi) is 7.25. The molecule has 0 aliphatic heterocycles. The van der Waals surface area contributed by atoms with Crippen LogP contribution in [-0.4, -0.2) is 26.6 Å². The molecular formula is C19H24N2O3S2. The topological polar surface area (TPSA) is 75.3 Å². The third-order valence-corrected chi connectivity index (χ3v) is 6.24. The van der Waals surface area contributed by atoms with E-state index < -0.39 is 10.0 Å². The Labute approximate surface area is 159 Å². The van der Waals surface area contributed by atoms with Crippen molar-refractivity contribution < 1.29 is 13.2 Å². The van der Waals surface area contributed by atoms with Crippen LogP contribution in [0.5, 0.6) is 0 Å². The SMILES string of the molecule is CSc1ccc(S(=O)(=O)N[C@H](C)CCc2ccccc2)cc1NC(C)=O. The molecular weight excluding hydrogens is 368 g/mol. The largest absolute Gasteiger partial charge is 0.325 e. The van der Waals surface area contributed by atoms with Gasteiger partial charge in [-0.2, -0.15) is 0 Å². The van der Waals surface area contributed by atoms with Gasteiger partial charge in [0.05, 0.1) is 10.6 Å². The minimum atomic E-state index is -3.66. The normalized spacial score (nSPS) is 12.6. The predicted molar refractivity (Wildman–Crippen MR) is 107 cm³/mol. The number of rotatable bonds is 8. The predicted octanol–water partition coefficient (Wildman–Crippen LogP) is 3.67. The smallest absolute Gasteiger partial charge is 0.240 e. The number of sulfonamides is 1. The highest BCUT2D eigenvalue weighted by atomic mass is 32.2. The zero-order chi connectivity index (χ0) is 19.2. The molecule has 7 heteroatoms. The molecule has 0 unspecified atom stereocenters. The summed E-state index contributed by atoms with van der Waals surface area (Å²) in [6, 6.07) is 14.5. The van der Waals surface area contributed by atoms with Gasteiger partial charge in [-0.1, -0.05) is 30.3 Å². The fraction of sp³-hybridized carbons (Fsp3) is 0.316. The lowest BCUT2D eigenvalue weighted by Gasteiger charge is -2.16. The van der Waals surface area contributed by atoms with Crippen molar-refractivity contribution in [1.82, 2.24) is 4.72 Å². The number of hydrogen-bond acceptors (Lipinski definition) is 4. The Morgan fingerprint density at radius 1 is 1.15 bits per heavy atom. The summed E-state index contributed by atoms with van der Waals surface area (Å²) < 4.78 is 28.0. The van der Waals surface area contributed by atoms with E-state index in [1.165, 1.54) is 30.3 Å². The zero-order valence-corrected chi connectivity index (χ0v) is 16.8. The van der Waals surface area contributed by atoms with Gasteiger partial charge in [-0.05, 0) is 49.8 Å². The number of anilines is 1. The highest BCUT2D eigenvalue weighted by Gasteiger charge is 2.19. The average Bonchev–Trinajstić information content (AvgIpc) is 2.60. The third-order valence-electron chi connectivity index (χ3n) is 3.86. The van der Waals surface area contributed by atoms with Crippen LogP contribution in [0, 0.1) is 0 Å². The van der Waals surface area contributed by atoms with Gasteiger partial charge in [0.25, 0.3) is 0 Å². The quantitative estimate of drug-likeness (QED) is 0.672. The van der Waals surface area contributed by atoms with Gasteiger partial charge in [0.2, 0.25) is 15.9 Å². The number of carbonyl (C=O) groups is 1. The summed E-state index contributed by atoms with van der Waals surface area (Å²) in [6.45, 7) is 3.25. The summed E-state index contributed by atoms with van der Waals surface area (Å²) >= 11 is 1.45. The molecule has 0 aromatic heterocycles. The molecule has 26 heavy (non-hydrogen) atoms. The van der Waals surface area contributed by atoms with E-state index in [4.69, 9.17) is 0 Å². The first-order valence-electron chi connectivity index (χ1n) is 8.33. The third kappa shape index (κ3) is 5.86. The number of carbonyl (C=O) groups excluding carboxylic acids is 1. The molecule has 0 saturated carbocycles. The lowest BCUT2D eigenvalue weighted by molar-refractivity contribution is -0.114. The van der Waals surface area contributed by atoms with Gasteiger partial charge in [-0.25, -0.2) is 13.1 Å². The maximum atomic E-state index is 12.7. The fourth-order valence-corrected chi connectivity index (χ4v) is 4.40. The van der Waals surface area contributed by atoms with Crippen LogP contribution in [0.25, 0.3) is 0 Å². The average molecular weight is 393 g/mol. The molecule has 0 spiro atoms. The van der Waals surface area contributed by atoms with E-state index in [0.29, 0.717) is 12.1 Å². The Balaban J connectivity index is 2.09. The molecule has 140 valence electrons. The van der Waals surface area contributed by atoms with E-state index >= 15 is 0 Å². The van der Waals surface area contributed by atoms with E-state index in [-0.39, 0.29) is 16.8 Å². The van der Waals surface area contributed by atoms with Gasteiger partial charge in [0.15, 0.2) is 0 Å². The lowest BCUT2D eigenvalue weighted by atomic mass is 10.1. The van der Waals surface area contributed by atoms with Crippen LogP contribution >= 0.6 is 11.8 Å². The van der Waals surface area contributed by atoms with Crippen molar-refractivity contribution in [3.63, 3.8) is 0 Å². The monoisotopic (exact) mass is 392 g/mol. The molecule has 0 radical (unpaired) electrons. The second kappa shape index (κ2) is 9.21. The fourth-order valence-electron chi connectivity index (χ4n) is 2.56. The van der Waals surface area contributed by atoms with Crippen LogP contribution in [0.15, 0.2) is 58.3 Å². The van der Waals surface area contributed by atoms with Crippen LogP contribution in [0.4, 0.5) is 5.69 Å². The molecule has 0 saturated heterocycles. The summed E-state index contributed by atoms with van der Waals surface area (Å²) in [5.41, 5.74) is 1.68. The first-order valence-corrected chi connectivity index (χ1v) is 11.0. The second-order valence-corrected chi connectivity index (χ2v) is 8.65. The first-order chi connectivity index (χ1) is 12.3. The number of aryl methyl sites for hydroxylation is 1. The van der Waals surface area contributed by atoms with E-state index in [2.05, 4.69) is 10.0 Å². The Hall–Kier alpha value is -1.83. The molecule has 2 aromatic rings. The molecule has 2 aromatic carbocycles. The van der Waals surface area contributed by atoms with Crippen molar-refractivity contribution in [2.45, 2.75) is 42.5 Å². The van der Waals surface area contributed by atoms with Gasteiger partial charge in [0.1, 0.15) is 0 Å². The summed E-state index contributed by atoms with van der Waals surface area (Å²) in [5, 5.41) is 2.68. The number of benzene rings is 2. The van der Waals surface area contributed by atoms with Gasteiger partial charge >= 0.3 is 0 Å². The Morgan fingerprint density at radius 3 is 2.46 bits per heavy atom. The summed E-state index contributed by atoms with van der Waals surface area (Å²) in [7, 11) is -3.66. The van der Waals surface area contributed by atoms with Crippen molar-refractivity contribution in [2.24, 2.45) is 0 Å². The number of hydrogen-bond donors (Lipinski definition) is 2. The Morgan fingerprint density at radius 2 is 1.85 bits per heavy atom. The summed E-state index contributed by atoms with van der Waals surface area (Å²) in [4.78, 5) is 12.3. The maximum Gasteiger partial charge on any atom is 0.240 e. The molecule has 0 heterocycles. The summed E-state index contributed by atoms with van der Waals surface area (Å²) in [6.07, 6.45) is 3.37. The first kappa shape index (κ1) is 20.5. The minimum Gasteiger partial charge on any atom is -0.325 e. The molecule has 2 N–H and O–H groups in total. The maximum absolute atomic E-state index is 12.7. The van der Waals surface area contributed by atoms with Crippen molar-refractivity contribution in [3.05, 3.63) is 54.1 Å². The molecule has 1 atom stereocenters. The molecule has 5 nitrogen and oxygen atoms in total. The Bertz CT molecular complexity index is 852. The molecule has 1 amide bonds. The van der Waals surface area contributed by atoms with Crippen LogP contribution in [0.3, 0.4) is 0 Å². The van der Waals surface area contributed by atoms with Crippen molar-refractivity contribution in [1.29, 1.82) is 0 Å². The van der Waals surface area contributed by atoms with Crippen LogP contribution < -0.4 is 10.0 Å². The van der Waals surface area contributed by atoms with Gasteiger partial charge in [0, 0.05) is 17.9 Å². The van der Waals surface area contributed by atoms with Crippen molar-refractivity contribution in [3.8, 4) is 0 Å². The molecule has 2 rings (SSSR count). The molecule has 0 bridgehead atoms. The summed E-state index contributed by atoms with van der Waals surface area (Å²) in [5.74, 6) is -0.237. The van der Waals surface area contributed by atoms with E-state index in [1.807, 2.05) is 43.5 Å². The minimum absolute atomic E-state index is 0.144. The van der Waals surface area contributed by atoms with Gasteiger partial charge < -0.3 is 5.32 Å². The highest BCUT2D eigenvalue weighted by molar-refractivity contribution is 7.98. The van der Waals surface area contributed by atoms with Gasteiger partial charge in [-0.15, -0.1) is 11.8 Å². The number of nitrogens with one attached hydrogen (secondary N) is 2. The standard InChI is InChI=1S/C19H24N2O3S2/c1-14(9-10-16-7-5-4-6-8-16)21-26(23,24)17-11-12-19(25-3)18(13-17)20-15(2)22/h4-8,11-14,21H,9-10H2,1-3H3,(H,20,22)/t14-/m1/s1. The van der Waals surface area contributed by atoms with E-state index in [0.717, 1.165) is 11.3 Å². The van der Waals surface area contributed by atoms with E-state index in [1.54, 1.807) is 12.1 Å². The van der Waals surface area contributed by atoms with Crippen LogP contribution in [0.1, 0.15) is 25.8 Å². The number of amides is 1. The van der Waals surface area contributed by atoms with Gasteiger partial charge in [-0.3, -0.25) is 4.79 Å². The number of thioether (sulfide) groups is 1. The highest BCUT2D eigenvalue weighted by Crippen LogP contribution is 2.28.